The van der Waals surface area contributed by atoms with Crippen molar-refractivity contribution in [2.45, 2.75) is 19.9 Å². The summed E-state index contributed by atoms with van der Waals surface area (Å²) in [5.41, 5.74) is 1.75. The average molecular weight is 399 g/mol. The summed E-state index contributed by atoms with van der Waals surface area (Å²) in [5, 5.41) is 12.9. The second kappa shape index (κ2) is 7.40. The second-order valence-electron chi connectivity index (χ2n) is 6.21. The average Bonchev–Trinajstić information content (AvgIpc) is 3.30. The third-order valence-electron chi connectivity index (χ3n) is 4.56. The van der Waals surface area contributed by atoms with E-state index in [0.717, 1.165) is 10.4 Å². The quantitative estimate of drug-likeness (QED) is 0.851. The van der Waals surface area contributed by atoms with Gasteiger partial charge in [-0.1, -0.05) is 0 Å². The molecule has 9 heteroatoms. The second-order valence-corrected chi connectivity index (χ2v) is 7.32. The molecule has 0 unspecified atom stereocenters. The largest absolute Gasteiger partial charge is 0.454 e. The van der Waals surface area contributed by atoms with Crippen LogP contribution in [0.5, 0.6) is 11.5 Å². The van der Waals surface area contributed by atoms with Gasteiger partial charge in [0.25, 0.3) is 5.91 Å². The van der Waals surface area contributed by atoms with Crippen molar-refractivity contribution in [2.75, 3.05) is 25.3 Å². The molecule has 0 radical (unpaired) electrons. The van der Waals surface area contributed by atoms with E-state index in [2.05, 4.69) is 11.4 Å². The summed E-state index contributed by atoms with van der Waals surface area (Å²) >= 11 is 1.31. The number of anilines is 1. The maximum absolute atomic E-state index is 12.7. The molecule has 0 saturated heterocycles. The van der Waals surface area contributed by atoms with Crippen LogP contribution in [0, 0.1) is 11.3 Å². The summed E-state index contributed by atoms with van der Waals surface area (Å²) in [4.78, 5) is 27.1. The minimum atomic E-state index is -0.369. The summed E-state index contributed by atoms with van der Waals surface area (Å²) in [6.07, 6.45) is 0.180. The first kappa shape index (κ1) is 18.1. The van der Waals surface area contributed by atoms with Gasteiger partial charge in [-0.25, -0.2) is 4.79 Å². The van der Waals surface area contributed by atoms with Crippen LogP contribution in [0.1, 0.15) is 33.3 Å². The topological polar surface area (TPSA) is 101 Å². The summed E-state index contributed by atoms with van der Waals surface area (Å²) in [5.74, 6) is 0.777. The Morgan fingerprint density at radius 1 is 1.36 bits per heavy atom. The van der Waals surface area contributed by atoms with Crippen LogP contribution in [-0.4, -0.2) is 36.8 Å². The molecule has 0 fully saturated rings. The summed E-state index contributed by atoms with van der Waals surface area (Å²) in [6.45, 7) is 3.05. The van der Waals surface area contributed by atoms with Gasteiger partial charge in [-0.2, -0.15) is 5.26 Å². The maximum atomic E-state index is 12.7. The highest BCUT2D eigenvalue weighted by molar-refractivity contribution is 7.16. The number of benzene rings is 1. The fourth-order valence-electron chi connectivity index (χ4n) is 3.19. The SMILES string of the molecule is CCOC(=O)N1CCc2c(sc(NC(=O)c3ccc4c(c3)OCO4)c2C#N)C1. The van der Waals surface area contributed by atoms with E-state index in [0.29, 0.717) is 53.7 Å². The van der Waals surface area contributed by atoms with Gasteiger partial charge in [0, 0.05) is 17.0 Å². The van der Waals surface area contributed by atoms with E-state index in [9.17, 15) is 14.9 Å². The predicted molar refractivity (Wildman–Crippen MR) is 101 cm³/mol. The molecule has 28 heavy (non-hydrogen) atoms. The fraction of sp³-hybridized carbons (Fsp3) is 0.316. The highest BCUT2D eigenvalue weighted by atomic mass is 32.1. The van der Waals surface area contributed by atoms with E-state index in [1.165, 1.54) is 11.3 Å². The molecule has 0 saturated carbocycles. The molecular formula is C19H17N3O5S. The van der Waals surface area contributed by atoms with Gasteiger partial charge in [0.2, 0.25) is 6.79 Å². The van der Waals surface area contributed by atoms with Gasteiger partial charge in [-0.3, -0.25) is 4.79 Å². The Balaban J connectivity index is 1.55. The molecule has 0 bridgehead atoms. The minimum Gasteiger partial charge on any atom is -0.454 e. The highest BCUT2D eigenvalue weighted by Crippen LogP contribution is 2.37. The van der Waals surface area contributed by atoms with Crippen molar-refractivity contribution in [3.8, 4) is 17.6 Å². The lowest BCUT2D eigenvalue weighted by molar-refractivity contribution is 0.102. The number of carbonyl (C=O) groups is 2. The Labute approximate surface area is 165 Å². The zero-order valence-electron chi connectivity index (χ0n) is 15.1. The molecule has 144 valence electrons. The molecule has 2 aliphatic heterocycles. The van der Waals surface area contributed by atoms with E-state index < -0.39 is 0 Å². The van der Waals surface area contributed by atoms with Gasteiger partial charge >= 0.3 is 6.09 Å². The zero-order chi connectivity index (χ0) is 19.7. The van der Waals surface area contributed by atoms with E-state index in [4.69, 9.17) is 14.2 Å². The first-order valence-corrected chi connectivity index (χ1v) is 9.59. The molecule has 1 aromatic carbocycles. The molecule has 0 spiro atoms. The first-order valence-electron chi connectivity index (χ1n) is 8.78. The number of nitrogens with zero attached hydrogens (tertiary/aromatic N) is 2. The fourth-order valence-corrected chi connectivity index (χ4v) is 4.40. The number of hydrogen-bond donors (Lipinski definition) is 1. The third kappa shape index (κ3) is 3.23. The monoisotopic (exact) mass is 399 g/mol. The van der Waals surface area contributed by atoms with Crippen molar-refractivity contribution in [3.05, 3.63) is 39.8 Å². The normalized spacial score (nSPS) is 14.2. The number of rotatable bonds is 3. The van der Waals surface area contributed by atoms with Crippen molar-refractivity contribution >= 4 is 28.3 Å². The van der Waals surface area contributed by atoms with E-state index in [-0.39, 0.29) is 18.8 Å². The maximum Gasteiger partial charge on any atom is 0.410 e. The Hall–Kier alpha value is -3.25. The zero-order valence-corrected chi connectivity index (χ0v) is 15.9. The van der Waals surface area contributed by atoms with Gasteiger partial charge in [0.1, 0.15) is 11.1 Å². The number of hydrogen-bond acceptors (Lipinski definition) is 7. The molecule has 2 aliphatic rings. The standard InChI is InChI=1S/C19H17N3O5S/c1-2-25-19(24)22-6-5-12-13(8-20)18(28-16(12)9-22)21-17(23)11-3-4-14-15(7-11)27-10-26-14/h3-4,7H,2,5-6,9-10H2,1H3,(H,21,23). The molecule has 1 aromatic heterocycles. The minimum absolute atomic E-state index is 0.133. The lowest BCUT2D eigenvalue weighted by Crippen LogP contribution is -2.35. The number of ether oxygens (including phenoxy) is 3. The summed E-state index contributed by atoms with van der Waals surface area (Å²) in [7, 11) is 0. The van der Waals surface area contributed by atoms with Crippen LogP contribution in [0.25, 0.3) is 0 Å². The number of amides is 2. The van der Waals surface area contributed by atoms with Crippen molar-refractivity contribution in [2.24, 2.45) is 0 Å². The highest BCUT2D eigenvalue weighted by Gasteiger charge is 2.28. The smallest absolute Gasteiger partial charge is 0.410 e. The van der Waals surface area contributed by atoms with Crippen LogP contribution in [0.4, 0.5) is 9.80 Å². The Morgan fingerprint density at radius 3 is 2.96 bits per heavy atom. The van der Waals surface area contributed by atoms with Gasteiger partial charge in [-0.15, -0.1) is 11.3 Å². The Bertz CT molecular complexity index is 994. The van der Waals surface area contributed by atoms with Gasteiger partial charge in [-0.05, 0) is 37.1 Å². The molecule has 0 atom stereocenters. The van der Waals surface area contributed by atoms with Crippen LogP contribution in [0.2, 0.25) is 0 Å². The number of carbonyl (C=O) groups excluding carboxylic acids is 2. The van der Waals surface area contributed by atoms with Gasteiger partial charge in [0.15, 0.2) is 11.5 Å². The number of thiophene rings is 1. The van der Waals surface area contributed by atoms with Crippen LogP contribution in [0.15, 0.2) is 18.2 Å². The van der Waals surface area contributed by atoms with E-state index in [1.807, 2.05) is 0 Å². The molecule has 1 N–H and O–H groups in total. The lowest BCUT2D eigenvalue weighted by atomic mass is 10.0. The van der Waals surface area contributed by atoms with E-state index >= 15 is 0 Å². The first-order chi connectivity index (χ1) is 13.6. The number of nitrogens with one attached hydrogen (secondary N) is 1. The van der Waals surface area contributed by atoms with Crippen LogP contribution < -0.4 is 14.8 Å². The predicted octanol–water partition coefficient (Wildman–Crippen LogP) is 3.12. The van der Waals surface area contributed by atoms with Crippen LogP contribution in [0.3, 0.4) is 0 Å². The Kier molecular flexibility index (Phi) is 4.79. The molecule has 8 nitrogen and oxygen atoms in total. The number of fused-ring (bicyclic) bond motifs is 2. The van der Waals surface area contributed by atoms with Crippen molar-refractivity contribution in [1.82, 2.24) is 4.90 Å². The molecule has 2 amide bonds. The number of nitriles is 1. The molecular weight excluding hydrogens is 382 g/mol. The molecule has 2 aromatic rings. The van der Waals surface area contributed by atoms with Crippen molar-refractivity contribution in [1.29, 1.82) is 5.26 Å². The van der Waals surface area contributed by atoms with Gasteiger partial charge in [0.05, 0.1) is 18.7 Å². The van der Waals surface area contributed by atoms with Crippen molar-refractivity contribution < 1.29 is 23.8 Å². The van der Waals surface area contributed by atoms with Crippen molar-refractivity contribution in [3.63, 3.8) is 0 Å². The lowest BCUT2D eigenvalue weighted by Gasteiger charge is -2.25. The van der Waals surface area contributed by atoms with Crippen LogP contribution in [-0.2, 0) is 17.7 Å². The molecule has 4 rings (SSSR count). The van der Waals surface area contributed by atoms with Crippen LogP contribution >= 0.6 is 11.3 Å². The summed E-state index contributed by atoms with van der Waals surface area (Å²) < 4.78 is 15.6. The molecule has 3 heterocycles. The summed E-state index contributed by atoms with van der Waals surface area (Å²) in [6, 6.07) is 7.12. The van der Waals surface area contributed by atoms with Gasteiger partial charge < -0.3 is 24.4 Å². The van der Waals surface area contributed by atoms with E-state index in [1.54, 1.807) is 30.0 Å². The third-order valence-corrected chi connectivity index (χ3v) is 5.69. The Morgan fingerprint density at radius 2 is 2.18 bits per heavy atom. The molecule has 0 aliphatic carbocycles.